The molecule has 1 aliphatic rings. The average Bonchev–Trinajstić information content (AvgIpc) is 3.02. The molecule has 31 heavy (non-hydrogen) atoms. The molecule has 2 amide bonds. The number of anilines is 1. The van der Waals surface area contributed by atoms with Gasteiger partial charge in [0.15, 0.2) is 5.78 Å². The number of carbonyl (C=O) groups excluding carboxylic acids is 3. The minimum absolute atomic E-state index is 0.0285. The molecule has 3 aromatic carbocycles. The van der Waals surface area contributed by atoms with E-state index in [2.05, 4.69) is 0 Å². The van der Waals surface area contributed by atoms with Crippen LogP contribution in [-0.2, 0) is 0 Å². The number of nitro benzene ring substituents is 1. The Morgan fingerprint density at radius 1 is 0.839 bits per heavy atom. The van der Waals surface area contributed by atoms with Crippen LogP contribution in [0.1, 0.15) is 47.0 Å². The maximum Gasteiger partial charge on any atom is 0.337 e. The Balaban J connectivity index is 1.74. The van der Waals surface area contributed by atoms with Gasteiger partial charge in [-0.1, -0.05) is 30.3 Å². The Bertz CT molecular complexity index is 1310. The number of carboxylic acids is 1. The molecule has 3 aromatic rings. The van der Waals surface area contributed by atoms with Crippen LogP contribution in [0.5, 0.6) is 0 Å². The molecule has 1 N–H and O–H groups in total. The number of carbonyl (C=O) groups is 4. The summed E-state index contributed by atoms with van der Waals surface area (Å²) in [4.78, 5) is 61.1. The summed E-state index contributed by atoms with van der Waals surface area (Å²) < 4.78 is 0. The Labute approximate surface area is 174 Å². The minimum Gasteiger partial charge on any atom is -0.478 e. The molecule has 0 spiro atoms. The summed E-state index contributed by atoms with van der Waals surface area (Å²) in [6.45, 7) is 0. The summed E-state index contributed by atoms with van der Waals surface area (Å²) in [5.74, 6) is -3.32. The zero-order valence-electron chi connectivity index (χ0n) is 15.6. The van der Waals surface area contributed by atoms with Gasteiger partial charge in [-0.25, -0.2) is 9.69 Å². The minimum atomic E-state index is -1.30. The fraction of sp³-hybridized carbons (Fsp3) is 0. The molecular formula is C22H12N2O7. The molecule has 0 bridgehead atoms. The van der Waals surface area contributed by atoms with Gasteiger partial charge in [0.05, 0.1) is 27.3 Å². The van der Waals surface area contributed by atoms with Crippen LogP contribution < -0.4 is 4.90 Å². The van der Waals surface area contributed by atoms with E-state index in [0.29, 0.717) is 0 Å². The lowest BCUT2D eigenvalue weighted by Crippen LogP contribution is -2.30. The molecule has 0 atom stereocenters. The molecule has 1 heterocycles. The van der Waals surface area contributed by atoms with Gasteiger partial charge in [0.2, 0.25) is 0 Å². The summed E-state index contributed by atoms with van der Waals surface area (Å²) in [5.41, 5.74) is -0.456. The number of imide groups is 1. The number of para-hydroxylation sites is 1. The van der Waals surface area contributed by atoms with Crippen LogP contribution in [0.25, 0.3) is 0 Å². The van der Waals surface area contributed by atoms with Crippen molar-refractivity contribution in [3.05, 3.63) is 105 Å². The van der Waals surface area contributed by atoms with Crippen molar-refractivity contribution in [2.45, 2.75) is 0 Å². The lowest BCUT2D eigenvalue weighted by Gasteiger charge is -2.16. The molecule has 0 fully saturated rings. The number of ketones is 1. The Kier molecular flexibility index (Phi) is 4.63. The number of carboxylic acid groups (broad SMARTS) is 1. The lowest BCUT2D eigenvalue weighted by atomic mass is 9.99. The molecule has 0 radical (unpaired) electrons. The van der Waals surface area contributed by atoms with Gasteiger partial charge in [-0.15, -0.1) is 0 Å². The van der Waals surface area contributed by atoms with Crippen LogP contribution in [0.2, 0.25) is 0 Å². The monoisotopic (exact) mass is 416 g/mol. The molecule has 4 rings (SSSR count). The molecule has 0 aliphatic carbocycles. The smallest absolute Gasteiger partial charge is 0.337 e. The predicted octanol–water partition coefficient (Wildman–Crippen LogP) is 3.32. The van der Waals surface area contributed by atoms with Crippen molar-refractivity contribution in [2.75, 3.05) is 4.90 Å². The number of nitrogens with zero attached hydrogens (tertiary/aromatic N) is 2. The van der Waals surface area contributed by atoms with Crippen LogP contribution in [0.4, 0.5) is 11.4 Å². The molecule has 152 valence electrons. The highest BCUT2D eigenvalue weighted by molar-refractivity contribution is 6.35. The molecule has 9 nitrogen and oxygen atoms in total. The van der Waals surface area contributed by atoms with Gasteiger partial charge in [0, 0.05) is 23.3 Å². The lowest BCUT2D eigenvalue weighted by molar-refractivity contribution is -0.384. The highest BCUT2D eigenvalue weighted by Crippen LogP contribution is 2.32. The normalized spacial score (nSPS) is 12.6. The zero-order chi connectivity index (χ0) is 22.3. The maximum absolute atomic E-state index is 12.9. The Morgan fingerprint density at radius 3 is 2.23 bits per heavy atom. The van der Waals surface area contributed by atoms with E-state index >= 15 is 0 Å². The number of nitro groups is 1. The first-order valence-corrected chi connectivity index (χ1v) is 8.94. The number of fused-ring (bicyclic) bond motifs is 1. The highest BCUT2D eigenvalue weighted by Gasteiger charge is 2.38. The number of aromatic carboxylic acids is 1. The van der Waals surface area contributed by atoms with Gasteiger partial charge >= 0.3 is 5.97 Å². The third kappa shape index (κ3) is 3.23. The quantitative estimate of drug-likeness (QED) is 0.292. The summed E-state index contributed by atoms with van der Waals surface area (Å²) in [6, 6.07) is 14.6. The number of non-ortho nitro benzene ring substituents is 1. The van der Waals surface area contributed by atoms with Crippen molar-refractivity contribution in [3.8, 4) is 0 Å². The summed E-state index contributed by atoms with van der Waals surface area (Å²) in [6.07, 6.45) is 0. The molecular weight excluding hydrogens is 404 g/mol. The van der Waals surface area contributed by atoms with Crippen LogP contribution in [-0.4, -0.2) is 33.6 Å². The van der Waals surface area contributed by atoms with E-state index in [9.17, 15) is 34.4 Å². The predicted molar refractivity (Wildman–Crippen MR) is 108 cm³/mol. The fourth-order valence-corrected chi connectivity index (χ4v) is 3.38. The van der Waals surface area contributed by atoms with Gasteiger partial charge in [0.1, 0.15) is 0 Å². The zero-order valence-corrected chi connectivity index (χ0v) is 15.6. The van der Waals surface area contributed by atoms with E-state index in [0.717, 1.165) is 11.0 Å². The third-order valence-corrected chi connectivity index (χ3v) is 4.84. The van der Waals surface area contributed by atoms with E-state index in [1.165, 1.54) is 60.7 Å². The molecule has 0 unspecified atom stereocenters. The summed E-state index contributed by atoms with van der Waals surface area (Å²) >= 11 is 0. The third-order valence-electron chi connectivity index (χ3n) is 4.84. The van der Waals surface area contributed by atoms with Crippen molar-refractivity contribution < 1.29 is 29.2 Å². The van der Waals surface area contributed by atoms with Gasteiger partial charge in [-0.2, -0.15) is 0 Å². The maximum atomic E-state index is 12.9. The van der Waals surface area contributed by atoms with Crippen molar-refractivity contribution in [2.24, 2.45) is 0 Å². The number of amides is 2. The summed E-state index contributed by atoms with van der Waals surface area (Å²) in [5, 5.41) is 20.3. The van der Waals surface area contributed by atoms with Crippen molar-refractivity contribution in [1.29, 1.82) is 0 Å². The number of benzene rings is 3. The molecule has 9 heteroatoms. The van der Waals surface area contributed by atoms with E-state index < -0.39 is 28.5 Å². The van der Waals surface area contributed by atoms with Crippen LogP contribution in [0, 0.1) is 10.1 Å². The first-order chi connectivity index (χ1) is 14.8. The molecule has 0 saturated heterocycles. The van der Waals surface area contributed by atoms with Crippen molar-refractivity contribution in [3.63, 3.8) is 0 Å². The Hall–Kier alpha value is -4.66. The van der Waals surface area contributed by atoms with E-state index in [4.69, 9.17) is 0 Å². The SMILES string of the molecule is O=C(c1cccc([N+](=O)[O-])c1)c1ccc2c(c1)C(=O)N(c1ccccc1C(=O)O)C2=O. The standard InChI is InChI=1S/C22H12N2O7/c25-19(12-4-3-5-14(10-12)24(30)31)13-8-9-15-17(11-13)21(27)23(20(15)26)18-7-2-1-6-16(18)22(28)29/h1-11H,(H,28,29). The van der Waals surface area contributed by atoms with Gasteiger partial charge in [-0.05, 0) is 24.3 Å². The highest BCUT2D eigenvalue weighted by atomic mass is 16.6. The van der Waals surface area contributed by atoms with Crippen LogP contribution in [0.3, 0.4) is 0 Å². The van der Waals surface area contributed by atoms with Crippen molar-refractivity contribution in [1.82, 2.24) is 0 Å². The van der Waals surface area contributed by atoms with E-state index in [1.807, 2.05) is 0 Å². The van der Waals surface area contributed by atoms with Gasteiger partial charge < -0.3 is 5.11 Å². The fourth-order valence-electron chi connectivity index (χ4n) is 3.38. The van der Waals surface area contributed by atoms with Crippen LogP contribution >= 0.6 is 0 Å². The topological polar surface area (TPSA) is 135 Å². The first kappa shape index (κ1) is 19.6. The molecule has 0 saturated carbocycles. The molecule has 1 aliphatic heterocycles. The van der Waals surface area contributed by atoms with Gasteiger partial charge in [0.25, 0.3) is 17.5 Å². The average molecular weight is 416 g/mol. The number of hydrogen-bond acceptors (Lipinski definition) is 6. The number of rotatable bonds is 5. The Morgan fingerprint density at radius 2 is 1.52 bits per heavy atom. The second-order valence-electron chi connectivity index (χ2n) is 6.66. The van der Waals surface area contributed by atoms with Gasteiger partial charge in [-0.3, -0.25) is 24.5 Å². The first-order valence-electron chi connectivity index (χ1n) is 8.94. The second kappa shape index (κ2) is 7.30. The molecule has 0 aromatic heterocycles. The van der Waals surface area contributed by atoms with E-state index in [1.54, 1.807) is 0 Å². The number of hydrogen-bond donors (Lipinski definition) is 1. The van der Waals surface area contributed by atoms with Crippen LogP contribution in [0.15, 0.2) is 66.7 Å². The second-order valence-corrected chi connectivity index (χ2v) is 6.66. The largest absolute Gasteiger partial charge is 0.478 e. The van der Waals surface area contributed by atoms with E-state index in [-0.39, 0.29) is 39.2 Å². The summed E-state index contributed by atoms with van der Waals surface area (Å²) in [7, 11) is 0. The van der Waals surface area contributed by atoms with Crippen molar-refractivity contribution >= 4 is 34.9 Å².